The van der Waals surface area contributed by atoms with E-state index >= 15 is 0 Å². The van der Waals surface area contributed by atoms with Crippen molar-refractivity contribution in [1.82, 2.24) is 4.90 Å². The molecule has 0 bridgehead atoms. The van der Waals surface area contributed by atoms with Gasteiger partial charge in [0.1, 0.15) is 6.61 Å². The van der Waals surface area contributed by atoms with Gasteiger partial charge in [-0.1, -0.05) is 24.8 Å². The van der Waals surface area contributed by atoms with Crippen molar-refractivity contribution in [1.29, 1.82) is 0 Å². The number of amides is 1. The van der Waals surface area contributed by atoms with Gasteiger partial charge in [0.05, 0.1) is 0 Å². The van der Waals surface area contributed by atoms with Crippen LogP contribution < -0.4 is 0 Å². The third-order valence-corrected chi connectivity index (χ3v) is 2.95. The molecule has 102 valence electrons. The predicted octanol–water partition coefficient (Wildman–Crippen LogP) is 2.21. The number of carbonyl (C=O) groups is 1. The number of aliphatic hydroxyl groups is 1. The topological polar surface area (TPSA) is 40.5 Å². The Morgan fingerprint density at radius 3 is 2.68 bits per heavy atom. The Kier molecular flexibility index (Phi) is 6.11. The second kappa shape index (κ2) is 7.60. The average molecular weight is 259 g/mol. The third kappa shape index (κ3) is 4.11. The van der Waals surface area contributed by atoms with Crippen LogP contribution >= 0.6 is 0 Å². The van der Waals surface area contributed by atoms with Gasteiger partial charge in [-0.3, -0.25) is 4.79 Å². The van der Waals surface area contributed by atoms with E-state index in [9.17, 15) is 4.79 Å². The maximum absolute atomic E-state index is 12.3. The fourth-order valence-corrected chi connectivity index (χ4v) is 1.88. The van der Waals surface area contributed by atoms with Gasteiger partial charge in [0.2, 0.25) is 0 Å². The molecule has 3 nitrogen and oxygen atoms in total. The van der Waals surface area contributed by atoms with Crippen LogP contribution in [0.5, 0.6) is 0 Å². The number of carbonyl (C=O) groups excluding carboxylic acids is 1. The van der Waals surface area contributed by atoms with Crippen molar-refractivity contribution in [3.8, 4) is 11.8 Å². The van der Waals surface area contributed by atoms with E-state index in [2.05, 4.69) is 18.8 Å². The van der Waals surface area contributed by atoms with Crippen molar-refractivity contribution in [3.63, 3.8) is 0 Å². The Labute approximate surface area is 115 Å². The summed E-state index contributed by atoms with van der Waals surface area (Å²) in [5.74, 6) is 5.53. The lowest BCUT2D eigenvalue weighted by Gasteiger charge is -2.20. The molecule has 19 heavy (non-hydrogen) atoms. The molecule has 0 aromatic heterocycles. The van der Waals surface area contributed by atoms with Gasteiger partial charge in [0.15, 0.2) is 0 Å². The van der Waals surface area contributed by atoms with Crippen LogP contribution in [0, 0.1) is 18.8 Å². The molecule has 1 aromatic rings. The van der Waals surface area contributed by atoms with E-state index < -0.39 is 0 Å². The van der Waals surface area contributed by atoms with Gasteiger partial charge in [-0.05, 0) is 38.0 Å². The summed E-state index contributed by atoms with van der Waals surface area (Å²) in [6.07, 6.45) is 0.947. The summed E-state index contributed by atoms with van der Waals surface area (Å²) >= 11 is 0. The maximum Gasteiger partial charge on any atom is 0.253 e. The number of aryl methyl sites for hydroxylation is 1. The molecule has 0 saturated heterocycles. The molecule has 0 fully saturated rings. The van der Waals surface area contributed by atoms with Crippen molar-refractivity contribution < 1.29 is 9.90 Å². The molecular weight excluding hydrogens is 238 g/mol. The zero-order valence-electron chi connectivity index (χ0n) is 11.9. The number of aliphatic hydroxyl groups excluding tert-OH is 1. The molecule has 0 atom stereocenters. The van der Waals surface area contributed by atoms with Crippen molar-refractivity contribution >= 4 is 5.91 Å². The largest absolute Gasteiger partial charge is 0.384 e. The molecule has 0 unspecified atom stereocenters. The normalized spacial score (nSPS) is 9.68. The second-order valence-electron chi connectivity index (χ2n) is 4.37. The van der Waals surface area contributed by atoms with Crippen LogP contribution in [0.4, 0.5) is 0 Å². The maximum atomic E-state index is 12.3. The lowest BCUT2D eigenvalue weighted by Crippen LogP contribution is -2.31. The molecule has 0 aliphatic heterocycles. The van der Waals surface area contributed by atoms with Crippen LogP contribution in [0.3, 0.4) is 0 Å². The van der Waals surface area contributed by atoms with E-state index in [1.54, 1.807) is 6.07 Å². The number of benzene rings is 1. The molecule has 0 aliphatic rings. The van der Waals surface area contributed by atoms with Crippen LogP contribution in [0.2, 0.25) is 0 Å². The smallest absolute Gasteiger partial charge is 0.253 e. The molecule has 1 aromatic carbocycles. The highest BCUT2D eigenvalue weighted by molar-refractivity contribution is 5.94. The Balaban J connectivity index is 3.04. The van der Waals surface area contributed by atoms with Gasteiger partial charge in [0, 0.05) is 24.2 Å². The number of rotatable bonds is 4. The van der Waals surface area contributed by atoms with Crippen LogP contribution in [0.25, 0.3) is 0 Å². The standard InChI is InChI=1S/C16H21NO2/c1-4-10-17(5-2)16(19)15-9-8-13(3)14(12-15)7-6-11-18/h8-9,12,18H,4-5,10-11H2,1-3H3. The first kappa shape index (κ1) is 15.3. The summed E-state index contributed by atoms with van der Waals surface area (Å²) < 4.78 is 0. The van der Waals surface area contributed by atoms with Gasteiger partial charge in [-0.25, -0.2) is 0 Å². The van der Waals surface area contributed by atoms with Crippen LogP contribution in [0.1, 0.15) is 41.8 Å². The van der Waals surface area contributed by atoms with Gasteiger partial charge >= 0.3 is 0 Å². The first-order valence-electron chi connectivity index (χ1n) is 6.63. The predicted molar refractivity (Wildman–Crippen MR) is 77.0 cm³/mol. The van der Waals surface area contributed by atoms with Gasteiger partial charge in [-0.15, -0.1) is 0 Å². The molecule has 3 heteroatoms. The molecule has 0 saturated carbocycles. The fourth-order valence-electron chi connectivity index (χ4n) is 1.88. The third-order valence-electron chi connectivity index (χ3n) is 2.95. The summed E-state index contributed by atoms with van der Waals surface area (Å²) in [5.41, 5.74) is 2.46. The average Bonchev–Trinajstić information content (AvgIpc) is 2.43. The van der Waals surface area contributed by atoms with Crippen molar-refractivity contribution in [2.45, 2.75) is 27.2 Å². The van der Waals surface area contributed by atoms with Crippen molar-refractivity contribution in [2.75, 3.05) is 19.7 Å². The van der Waals surface area contributed by atoms with Gasteiger partial charge in [-0.2, -0.15) is 0 Å². The van der Waals surface area contributed by atoms with Crippen LogP contribution in [-0.4, -0.2) is 35.6 Å². The van der Waals surface area contributed by atoms with E-state index in [-0.39, 0.29) is 12.5 Å². The molecule has 0 aliphatic carbocycles. The molecule has 0 heterocycles. The molecule has 1 rings (SSSR count). The van der Waals surface area contributed by atoms with Crippen LogP contribution in [0.15, 0.2) is 18.2 Å². The Bertz CT molecular complexity index is 497. The Morgan fingerprint density at radius 2 is 2.11 bits per heavy atom. The quantitative estimate of drug-likeness (QED) is 0.842. The monoisotopic (exact) mass is 259 g/mol. The van der Waals surface area contributed by atoms with Crippen molar-refractivity contribution in [2.24, 2.45) is 0 Å². The minimum atomic E-state index is -0.172. The summed E-state index contributed by atoms with van der Waals surface area (Å²) in [6.45, 7) is 7.28. The van der Waals surface area contributed by atoms with Gasteiger partial charge in [0.25, 0.3) is 5.91 Å². The number of hydrogen-bond acceptors (Lipinski definition) is 2. The zero-order valence-corrected chi connectivity index (χ0v) is 11.9. The number of nitrogens with zero attached hydrogens (tertiary/aromatic N) is 1. The minimum absolute atomic E-state index is 0.0383. The van der Waals surface area contributed by atoms with E-state index in [1.807, 2.05) is 30.9 Å². The highest BCUT2D eigenvalue weighted by atomic mass is 16.2. The van der Waals surface area contributed by atoms with E-state index in [1.165, 1.54) is 0 Å². The van der Waals surface area contributed by atoms with Crippen LogP contribution in [-0.2, 0) is 0 Å². The zero-order chi connectivity index (χ0) is 14.3. The van der Waals surface area contributed by atoms with E-state index in [0.29, 0.717) is 12.1 Å². The number of hydrogen-bond donors (Lipinski definition) is 1. The highest BCUT2D eigenvalue weighted by Crippen LogP contribution is 2.12. The SMILES string of the molecule is CCCN(CC)C(=O)c1ccc(C)c(C#CCO)c1. The second-order valence-corrected chi connectivity index (χ2v) is 4.37. The first-order chi connectivity index (χ1) is 9.13. The molecular formula is C16H21NO2. The highest BCUT2D eigenvalue weighted by Gasteiger charge is 2.13. The lowest BCUT2D eigenvalue weighted by atomic mass is 10.0. The Hall–Kier alpha value is -1.79. The summed E-state index contributed by atoms with van der Waals surface area (Å²) in [5, 5.41) is 8.74. The minimum Gasteiger partial charge on any atom is -0.384 e. The summed E-state index contributed by atoms with van der Waals surface area (Å²) in [4.78, 5) is 14.2. The summed E-state index contributed by atoms with van der Waals surface area (Å²) in [6, 6.07) is 5.53. The molecule has 1 amide bonds. The lowest BCUT2D eigenvalue weighted by molar-refractivity contribution is 0.0764. The van der Waals surface area contributed by atoms with Gasteiger partial charge < -0.3 is 10.0 Å². The van der Waals surface area contributed by atoms with Crippen molar-refractivity contribution in [3.05, 3.63) is 34.9 Å². The molecule has 0 radical (unpaired) electrons. The Morgan fingerprint density at radius 1 is 1.37 bits per heavy atom. The molecule has 1 N–H and O–H groups in total. The molecule has 0 spiro atoms. The van der Waals surface area contributed by atoms with E-state index in [4.69, 9.17) is 5.11 Å². The first-order valence-corrected chi connectivity index (χ1v) is 6.63. The summed E-state index contributed by atoms with van der Waals surface area (Å²) in [7, 11) is 0. The fraction of sp³-hybridized carbons (Fsp3) is 0.438. The van der Waals surface area contributed by atoms with E-state index in [0.717, 1.165) is 24.1 Å².